The molecule has 0 spiro atoms. The van der Waals surface area contributed by atoms with Crippen molar-refractivity contribution >= 4 is 5.91 Å². The zero-order valence-corrected chi connectivity index (χ0v) is 9.25. The van der Waals surface area contributed by atoms with E-state index in [1.165, 1.54) is 6.42 Å². The predicted molar refractivity (Wildman–Crippen MR) is 60.3 cm³/mol. The third-order valence-electron chi connectivity index (χ3n) is 2.59. The topological polar surface area (TPSA) is 44.4 Å². The van der Waals surface area contributed by atoms with Gasteiger partial charge >= 0.3 is 0 Å². The third-order valence-corrected chi connectivity index (χ3v) is 2.59. The minimum Gasteiger partial charge on any atom is -0.355 e. The SMILES string of the molecule is C#CCNCC(=O)NCC1CCN(C)C1. The Hall–Kier alpha value is -1.05. The van der Waals surface area contributed by atoms with Crippen molar-refractivity contribution in [2.24, 2.45) is 5.92 Å². The molecule has 0 aromatic heterocycles. The molecule has 15 heavy (non-hydrogen) atoms. The molecule has 1 fully saturated rings. The molecule has 0 saturated carbocycles. The number of likely N-dealkylation sites (tertiary alicyclic amines) is 1. The summed E-state index contributed by atoms with van der Waals surface area (Å²) in [5, 5.41) is 5.77. The molecule has 1 saturated heterocycles. The van der Waals surface area contributed by atoms with Crippen molar-refractivity contribution in [1.29, 1.82) is 0 Å². The van der Waals surface area contributed by atoms with Gasteiger partial charge in [0.25, 0.3) is 0 Å². The molecule has 1 aliphatic rings. The molecule has 1 atom stereocenters. The number of carbonyl (C=O) groups excluding carboxylic acids is 1. The van der Waals surface area contributed by atoms with Crippen LogP contribution in [0.1, 0.15) is 6.42 Å². The van der Waals surface area contributed by atoms with Gasteiger partial charge in [-0.2, -0.15) is 0 Å². The molecule has 1 aliphatic heterocycles. The lowest BCUT2D eigenvalue weighted by atomic mass is 10.1. The average molecular weight is 209 g/mol. The van der Waals surface area contributed by atoms with E-state index >= 15 is 0 Å². The first-order chi connectivity index (χ1) is 7.22. The van der Waals surface area contributed by atoms with E-state index in [-0.39, 0.29) is 5.91 Å². The summed E-state index contributed by atoms with van der Waals surface area (Å²) in [5.74, 6) is 3.06. The van der Waals surface area contributed by atoms with Gasteiger partial charge in [-0.25, -0.2) is 0 Å². The van der Waals surface area contributed by atoms with Crippen LogP contribution in [-0.2, 0) is 4.79 Å². The van der Waals surface area contributed by atoms with E-state index in [1.807, 2.05) is 0 Å². The van der Waals surface area contributed by atoms with Crippen LogP contribution in [-0.4, -0.2) is 50.6 Å². The molecular weight excluding hydrogens is 190 g/mol. The lowest BCUT2D eigenvalue weighted by molar-refractivity contribution is -0.120. The first-order valence-electron chi connectivity index (χ1n) is 5.31. The number of hydrogen-bond acceptors (Lipinski definition) is 3. The van der Waals surface area contributed by atoms with Crippen molar-refractivity contribution in [2.75, 3.05) is 39.8 Å². The van der Waals surface area contributed by atoms with E-state index in [2.05, 4.69) is 28.5 Å². The van der Waals surface area contributed by atoms with Crippen molar-refractivity contribution in [3.8, 4) is 12.3 Å². The third kappa shape index (κ3) is 4.82. The minimum absolute atomic E-state index is 0.0276. The zero-order chi connectivity index (χ0) is 11.1. The maximum atomic E-state index is 11.3. The molecule has 1 rings (SSSR count). The first kappa shape index (κ1) is 12.0. The minimum atomic E-state index is 0.0276. The van der Waals surface area contributed by atoms with Crippen LogP contribution in [0.3, 0.4) is 0 Å². The molecule has 1 heterocycles. The van der Waals surface area contributed by atoms with Crippen LogP contribution in [0.25, 0.3) is 0 Å². The van der Waals surface area contributed by atoms with Crippen molar-refractivity contribution in [3.05, 3.63) is 0 Å². The second-order valence-corrected chi connectivity index (χ2v) is 4.03. The number of hydrogen-bond donors (Lipinski definition) is 2. The highest BCUT2D eigenvalue weighted by Gasteiger charge is 2.19. The standard InChI is InChI=1S/C11H19N3O/c1-3-5-12-8-11(15)13-7-10-4-6-14(2)9-10/h1,10,12H,4-9H2,2H3,(H,13,15). The van der Waals surface area contributed by atoms with Crippen LogP contribution in [0.2, 0.25) is 0 Å². The first-order valence-corrected chi connectivity index (χ1v) is 5.31. The van der Waals surface area contributed by atoms with E-state index in [9.17, 15) is 4.79 Å². The quantitative estimate of drug-likeness (QED) is 0.464. The van der Waals surface area contributed by atoms with Gasteiger partial charge in [0, 0.05) is 13.1 Å². The van der Waals surface area contributed by atoms with Crippen LogP contribution in [0.4, 0.5) is 0 Å². The van der Waals surface area contributed by atoms with E-state index in [1.54, 1.807) is 0 Å². The molecule has 1 amide bonds. The summed E-state index contributed by atoms with van der Waals surface area (Å²) in [6.07, 6.45) is 6.23. The fraction of sp³-hybridized carbons (Fsp3) is 0.727. The lowest BCUT2D eigenvalue weighted by Crippen LogP contribution is -2.37. The van der Waals surface area contributed by atoms with E-state index in [0.717, 1.165) is 19.6 Å². The Labute approximate surface area is 91.4 Å². The molecule has 0 bridgehead atoms. The normalized spacial score (nSPS) is 21.2. The number of rotatable bonds is 5. The maximum absolute atomic E-state index is 11.3. The molecule has 0 aromatic rings. The molecule has 84 valence electrons. The molecule has 0 aliphatic carbocycles. The van der Waals surface area contributed by atoms with Gasteiger partial charge in [-0.05, 0) is 25.9 Å². The van der Waals surface area contributed by atoms with Crippen LogP contribution < -0.4 is 10.6 Å². The highest BCUT2D eigenvalue weighted by Crippen LogP contribution is 2.12. The molecule has 4 heteroatoms. The number of nitrogens with zero attached hydrogens (tertiary/aromatic N) is 1. The highest BCUT2D eigenvalue weighted by molar-refractivity contribution is 5.77. The van der Waals surface area contributed by atoms with Crippen molar-refractivity contribution in [3.63, 3.8) is 0 Å². The Kier molecular flexibility index (Phi) is 5.16. The molecule has 4 nitrogen and oxygen atoms in total. The number of amides is 1. The monoisotopic (exact) mass is 209 g/mol. The Morgan fingerprint density at radius 1 is 1.67 bits per heavy atom. The van der Waals surface area contributed by atoms with Gasteiger partial charge in [-0.1, -0.05) is 5.92 Å². The number of terminal acetylenes is 1. The molecular formula is C11H19N3O. The highest BCUT2D eigenvalue weighted by atomic mass is 16.1. The van der Waals surface area contributed by atoms with Gasteiger partial charge in [-0.15, -0.1) is 6.42 Å². The summed E-state index contributed by atoms with van der Waals surface area (Å²) in [4.78, 5) is 13.6. The van der Waals surface area contributed by atoms with Crippen LogP contribution in [0, 0.1) is 18.3 Å². The Balaban J connectivity index is 2.04. The summed E-state index contributed by atoms with van der Waals surface area (Å²) >= 11 is 0. The summed E-state index contributed by atoms with van der Waals surface area (Å²) in [7, 11) is 2.11. The molecule has 2 N–H and O–H groups in total. The van der Waals surface area contributed by atoms with Gasteiger partial charge in [-0.3, -0.25) is 10.1 Å². The zero-order valence-electron chi connectivity index (χ0n) is 9.25. The summed E-state index contributed by atoms with van der Waals surface area (Å²) in [6.45, 7) is 3.75. The Bertz CT molecular complexity index is 247. The van der Waals surface area contributed by atoms with Crippen molar-refractivity contribution in [1.82, 2.24) is 15.5 Å². The fourth-order valence-corrected chi connectivity index (χ4v) is 1.76. The second kappa shape index (κ2) is 6.44. The maximum Gasteiger partial charge on any atom is 0.233 e. The largest absolute Gasteiger partial charge is 0.355 e. The molecule has 1 unspecified atom stereocenters. The van der Waals surface area contributed by atoms with Crippen LogP contribution in [0.15, 0.2) is 0 Å². The molecule has 0 radical (unpaired) electrons. The van der Waals surface area contributed by atoms with Gasteiger partial charge in [0.15, 0.2) is 0 Å². The second-order valence-electron chi connectivity index (χ2n) is 4.03. The average Bonchev–Trinajstić information content (AvgIpc) is 2.62. The summed E-state index contributed by atoms with van der Waals surface area (Å²) in [6, 6.07) is 0. The lowest BCUT2D eigenvalue weighted by Gasteiger charge is -2.11. The van der Waals surface area contributed by atoms with Crippen LogP contribution >= 0.6 is 0 Å². The Morgan fingerprint density at radius 3 is 3.07 bits per heavy atom. The summed E-state index contributed by atoms with van der Waals surface area (Å²) in [5.41, 5.74) is 0. The van der Waals surface area contributed by atoms with E-state index in [4.69, 9.17) is 6.42 Å². The summed E-state index contributed by atoms with van der Waals surface area (Å²) < 4.78 is 0. The van der Waals surface area contributed by atoms with Gasteiger partial charge < -0.3 is 10.2 Å². The predicted octanol–water partition coefficient (Wildman–Crippen LogP) is -0.723. The van der Waals surface area contributed by atoms with Crippen molar-refractivity contribution < 1.29 is 4.79 Å². The fourth-order valence-electron chi connectivity index (χ4n) is 1.76. The van der Waals surface area contributed by atoms with Gasteiger partial charge in [0.1, 0.15) is 0 Å². The molecule has 0 aromatic carbocycles. The van der Waals surface area contributed by atoms with Gasteiger partial charge in [0.05, 0.1) is 13.1 Å². The van der Waals surface area contributed by atoms with E-state index < -0.39 is 0 Å². The number of nitrogens with one attached hydrogen (secondary N) is 2. The van der Waals surface area contributed by atoms with E-state index in [0.29, 0.717) is 19.0 Å². The van der Waals surface area contributed by atoms with Gasteiger partial charge in [0.2, 0.25) is 5.91 Å². The van der Waals surface area contributed by atoms with Crippen LogP contribution in [0.5, 0.6) is 0 Å². The smallest absolute Gasteiger partial charge is 0.233 e. The number of carbonyl (C=O) groups is 1. The van der Waals surface area contributed by atoms with Crippen molar-refractivity contribution in [2.45, 2.75) is 6.42 Å². The Morgan fingerprint density at radius 2 is 2.47 bits per heavy atom.